The number of likely N-dealkylation sites (tertiary alicyclic amines) is 1. The van der Waals surface area contributed by atoms with Gasteiger partial charge in [0.05, 0.1) is 19.5 Å². The molecule has 0 aromatic carbocycles. The van der Waals surface area contributed by atoms with Crippen molar-refractivity contribution in [3.63, 3.8) is 0 Å². The van der Waals surface area contributed by atoms with Gasteiger partial charge in [0.1, 0.15) is 6.54 Å². The number of piperidine rings is 1. The molecular weight excluding hydrogens is 280 g/mol. The largest absolute Gasteiger partial charge is 0.379 e. The third-order valence-corrected chi connectivity index (χ3v) is 4.71. The maximum Gasteiger partial charge on any atom is 0.242 e. The molecule has 0 saturated carbocycles. The molecule has 3 heterocycles. The number of hydrogen-bond donors (Lipinski definition) is 0. The van der Waals surface area contributed by atoms with Crippen molar-refractivity contribution in [2.24, 2.45) is 0 Å². The molecule has 1 aromatic heterocycles. The van der Waals surface area contributed by atoms with Crippen molar-refractivity contribution in [1.82, 2.24) is 19.4 Å². The van der Waals surface area contributed by atoms with Crippen LogP contribution in [0.2, 0.25) is 0 Å². The van der Waals surface area contributed by atoms with Gasteiger partial charge in [-0.15, -0.1) is 0 Å². The lowest BCUT2D eigenvalue weighted by molar-refractivity contribution is -0.135. The summed E-state index contributed by atoms with van der Waals surface area (Å²) >= 11 is 0. The highest BCUT2D eigenvalue weighted by Gasteiger charge is 2.27. The van der Waals surface area contributed by atoms with Crippen LogP contribution in [-0.4, -0.2) is 70.7 Å². The Morgan fingerprint density at radius 3 is 2.86 bits per heavy atom. The van der Waals surface area contributed by atoms with E-state index in [0.717, 1.165) is 58.7 Å². The van der Waals surface area contributed by atoms with Crippen molar-refractivity contribution in [3.8, 4) is 0 Å². The molecule has 122 valence electrons. The first-order valence-electron chi connectivity index (χ1n) is 8.38. The monoisotopic (exact) mass is 306 g/mol. The second-order valence-corrected chi connectivity index (χ2v) is 6.21. The number of morpholine rings is 1. The highest BCUT2D eigenvalue weighted by molar-refractivity contribution is 5.76. The van der Waals surface area contributed by atoms with Crippen LogP contribution in [0.15, 0.2) is 18.7 Å². The van der Waals surface area contributed by atoms with Crippen molar-refractivity contribution in [2.75, 3.05) is 39.4 Å². The Hall–Kier alpha value is -1.40. The number of ether oxygens (including phenoxy) is 1. The predicted octanol–water partition coefficient (Wildman–Crippen LogP) is 0.987. The first kappa shape index (κ1) is 15.5. The van der Waals surface area contributed by atoms with Gasteiger partial charge in [0.15, 0.2) is 0 Å². The van der Waals surface area contributed by atoms with Crippen LogP contribution in [0.4, 0.5) is 0 Å². The lowest BCUT2D eigenvalue weighted by atomic mass is 9.99. The molecular formula is C16H26N4O2. The number of imidazole rings is 1. The molecule has 0 aliphatic carbocycles. The van der Waals surface area contributed by atoms with Crippen LogP contribution < -0.4 is 0 Å². The summed E-state index contributed by atoms with van der Waals surface area (Å²) in [4.78, 5) is 21.1. The lowest BCUT2D eigenvalue weighted by Crippen LogP contribution is -2.47. The zero-order chi connectivity index (χ0) is 15.2. The molecule has 2 aliphatic heterocycles. The third-order valence-electron chi connectivity index (χ3n) is 4.71. The summed E-state index contributed by atoms with van der Waals surface area (Å²) in [5.74, 6) is 0.227. The fourth-order valence-electron chi connectivity index (χ4n) is 3.41. The number of carbonyl (C=O) groups is 1. The number of carbonyl (C=O) groups excluding carboxylic acids is 1. The molecule has 1 atom stereocenters. The van der Waals surface area contributed by atoms with E-state index in [0.29, 0.717) is 12.6 Å². The van der Waals surface area contributed by atoms with E-state index in [1.165, 1.54) is 6.42 Å². The molecule has 2 saturated heterocycles. The molecule has 1 aromatic rings. The Morgan fingerprint density at radius 1 is 1.23 bits per heavy atom. The molecule has 2 aliphatic rings. The Bertz CT molecular complexity index is 457. The summed E-state index contributed by atoms with van der Waals surface area (Å²) in [5, 5.41) is 0. The molecule has 0 N–H and O–H groups in total. The van der Waals surface area contributed by atoms with E-state index in [9.17, 15) is 4.79 Å². The Morgan fingerprint density at radius 2 is 2.09 bits per heavy atom. The highest BCUT2D eigenvalue weighted by atomic mass is 16.5. The van der Waals surface area contributed by atoms with Crippen LogP contribution in [0.3, 0.4) is 0 Å². The zero-order valence-electron chi connectivity index (χ0n) is 13.2. The standard InChI is InChI=1S/C16H26N4O2/c21-16(13-19-8-5-17-14-19)20-6-2-1-3-15(20)4-7-18-9-11-22-12-10-18/h5,8,14-15H,1-4,6-7,9-13H2/t15-/m1/s1. The highest BCUT2D eigenvalue weighted by Crippen LogP contribution is 2.21. The third kappa shape index (κ3) is 4.08. The van der Waals surface area contributed by atoms with Gasteiger partial charge in [0.2, 0.25) is 5.91 Å². The van der Waals surface area contributed by atoms with Crippen molar-refractivity contribution in [1.29, 1.82) is 0 Å². The van der Waals surface area contributed by atoms with E-state index in [1.807, 2.05) is 10.8 Å². The molecule has 6 heteroatoms. The quantitative estimate of drug-likeness (QED) is 0.814. The Balaban J connectivity index is 1.52. The minimum Gasteiger partial charge on any atom is -0.379 e. The van der Waals surface area contributed by atoms with E-state index >= 15 is 0 Å². The lowest BCUT2D eigenvalue weighted by Gasteiger charge is -2.37. The minimum absolute atomic E-state index is 0.227. The molecule has 3 rings (SSSR count). The second-order valence-electron chi connectivity index (χ2n) is 6.21. The van der Waals surface area contributed by atoms with Gasteiger partial charge in [0.25, 0.3) is 0 Å². The fraction of sp³-hybridized carbons (Fsp3) is 0.750. The normalized spacial score (nSPS) is 23.6. The van der Waals surface area contributed by atoms with Crippen LogP contribution in [0.5, 0.6) is 0 Å². The summed E-state index contributed by atoms with van der Waals surface area (Å²) < 4.78 is 7.25. The van der Waals surface area contributed by atoms with E-state index in [1.54, 1.807) is 12.5 Å². The van der Waals surface area contributed by atoms with Crippen molar-refractivity contribution in [2.45, 2.75) is 38.3 Å². The summed E-state index contributed by atoms with van der Waals surface area (Å²) in [6.45, 7) is 6.12. The topological polar surface area (TPSA) is 50.6 Å². The molecule has 0 bridgehead atoms. The smallest absolute Gasteiger partial charge is 0.242 e. The first-order chi connectivity index (χ1) is 10.8. The molecule has 0 radical (unpaired) electrons. The van der Waals surface area contributed by atoms with E-state index < -0.39 is 0 Å². The Labute approximate surface area is 132 Å². The van der Waals surface area contributed by atoms with E-state index in [4.69, 9.17) is 4.74 Å². The molecule has 1 amide bonds. The molecule has 0 spiro atoms. The van der Waals surface area contributed by atoms with Gasteiger partial charge in [-0.2, -0.15) is 0 Å². The summed E-state index contributed by atoms with van der Waals surface area (Å²) in [6, 6.07) is 0.396. The number of nitrogens with zero attached hydrogens (tertiary/aromatic N) is 4. The second kappa shape index (κ2) is 7.74. The van der Waals surface area contributed by atoms with Gasteiger partial charge in [-0.05, 0) is 25.7 Å². The van der Waals surface area contributed by atoms with Gasteiger partial charge < -0.3 is 14.2 Å². The predicted molar refractivity (Wildman–Crippen MR) is 83.5 cm³/mol. The van der Waals surface area contributed by atoms with Crippen molar-refractivity contribution >= 4 is 5.91 Å². The number of rotatable bonds is 5. The minimum atomic E-state index is 0.227. The molecule has 0 unspecified atom stereocenters. The van der Waals surface area contributed by atoms with E-state index in [2.05, 4.69) is 14.8 Å². The van der Waals surface area contributed by atoms with Crippen LogP contribution in [0.25, 0.3) is 0 Å². The van der Waals surface area contributed by atoms with Crippen LogP contribution >= 0.6 is 0 Å². The van der Waals surface area contributed by atoms with Gasteiger partial charge >= 0.3 is 0 Å². The fourth-order valence-corrected chi connectivity index (χ4v) is 3.41. The number of amides is 1. The molecule has 6 nitrogen and oxygen atoms in total. The average Bonchev–Trinajstić information content (AvgIpc) is 3.07. The van der Waals surface area contributed by atoms with E-state index in [-0.39, 0.29) is 5.91 Å². The van der Waals surface area contributed by atoms with Crippen LogP contribution in [0, 0.1) is 0 Å². The summed E-state index contributed by atoms with van der Waals surface area (Å²) in [7, 11) is 0. The van der Waals surface area contributed by atoms with Crippen LogP contribution in [-0.2, 0) is 16.1 Å². The maximum atomic E-state index is 12.6. The van der Waals surface area contributed by atoms with Gasteiger partial charge in [-0.25, -0.2) is 4.98 Å². The van der Waals surface area contributed by atoms with Crippen molar-refractivity contribution in [3.05, 3.63) is 18.7 Å². The average molecular weight is 306 g/mol. The number of hydrogen-bond acceptors (Lipinski definition) is 4. The number of aromatic nitrogens is 2. The SMILES string of the molecule is O=C(Cn1ccnc1)N1CCCC[C@@H]1CCN1CCOCC1. The van der Waals surface area contributed by atoms with Crippen LogP contribution in [0.1, 0.15) is 25.7 Å². The van der Waals surface area contributed by atoms with Gasteiger partial charge in [-0.3, -0.25) is 9.69 Å². The Kier molecular flexibility index (Phi) is 5.45. The summed E-state index contributed by atoms with van der Waals surface area (Å²) in [6.07, 6.45) is 9.87. The molecule has 22 heavy (non-hydrogen) atoms. The zero-order valence-corrected chi connectivity index (χ0v) is 13.2. The summed E-state index contributed by atoms with van der Waals surface area (Å²) in [5.41, 5.74) is 0. The maximum absolute atomic E-state index is 12.6. The first-order valence-corrected chi connectivity index (χ1v) is 8.38. The van der Waals surface area contributed by atoms with Gasteiger partial charge in [-0.1, -0.05) is 0 Å². The van der Waals surface area contributed by atoms with Crippen molar-refractivity contribution < 1.29 is 9.53 Å². The van der Waals surface area contributed by atoms with Gasteiger partial charge in [0, 0.05) is 44.6 Å². The molecule has 2 fully saturated rings.